The number of rotatable bonds is 7. The molecule has 0 radical (unpaired) electrons. The third kappa shape index (κ3) is 5.35. The number of nitrogens with one attached hydrogen (secondary N) is 2. The Morgan fingerprint density at radius 3 is 2.11 bits per heavy atom. The molecule has 0 aliphatic heterocycles. The quantitative estimate of drug-likeness (QED) is 0.654. The van der Waals surface area contributed by atoms with Gasteiger partial charge < -0.3 is 20.1 Å². The summed E-state index contributed by atoms with van der Waals surface area (Å²) >= 11 is 0. The Balaban J connectivity index is 1.54. The number of carbonyl (C=O) groups excluding carboxylic acids is 2. The summed E-state index contributed by atoms with van der Waals surface area (Å²) in [7, 11) is 1.58. The first-order chi connectivity index (χ1) is 13.6. The smallest absolute Gasteiger partial charge is 0.262 e. The standard InChI is InChI=1S/C22H20N2O4/c1-27-19-10-12-20(13-11-19)28-15-21(25)23-17-8-5-9-18(14-17)24-22(26)16-6-3-2-4-7-16/h2-14H,15H2,1H3,(H,23,25)(H,24,26). The number of amides is 2. The highest BCUT2D eigenvalue weighted by atomic mass is 16.5. The van der Waals surface area contributed by atoms with Gasteiger partial charge in [-0.1, -0.05) is 24.3 Å². The Labute approximate surface area is 163 Å². The lowest BCUT2D eigenvalue weighted by molar-refractivity contribution is -0.118. The first kappa shape index (κ1) is 19.0. The van der Waals surface area contributed by atoms with Crippen LogP contribution in [0.3, 0.4) is 0 Å². The number of hydrogen-bond acceptors (Lipinski definition) is 4. The number of carbonyl (C=O) groups is 2. The maximum Gasteiger partial charge on any atom is 0.262 e. The SMILES string of the molecule is COc1ccc(OCC(=O)Nc2cccc(NC(=O)c3ccccc3)c2)cc1. The van der Waals surface area contributed by atoms with Gasteiger partial charge in [0.2, 0.25) is 0 Å². The van der Waals surface area contributed by atoms with E-state index in [2.05, 4.69) is 10.6 Å². The average Bonchev–Trinajstić information content (AvgIpc) is 2.73. The molecule has 3 aromatic carbocycles. The molecule has 3 aromatic rings. The Hall–Kier alpha value is -3.80. The van der Waals surface area contributed by atoms with Crippen molar-refractivity contribution in [3.8, 4) is 11.5 Å². The van der Waals surface area contributed by atoms with Gasteiger partial charge in [0.15, 0.2) is 6.61 Å². The average molecular weight is 376 g/mol. The lowest BCUT2D eigenvalue weighted by Crippen LogP contribution is -2.20. The van der Waals surface area contributed by atoms with Crippen LogP contribution in [-0.4, -0.2) is 25.5 Å². The van der Waals surface area contributed by atoms with Crippen LogP contribution in [0.5, 0.6) is 11.5 Å². The van der Waals surface area contributed by atoms with E-state index in [-0.39, 0.29) is 18.4 Å². The van der Waals surface area contributed by atoms with Crippen molar-refractivity contribution in [3.05, 3.63) is 84.4 Å². The van der Waals surface area contributed by atoms with Gasteiger partial charge in [-0.15, -0.1) is 0 Å². The molecule has 0 unspecified atom stereocenters. The van der Waals surface area contributed by atoms with Crippen LogP contribution in [0.2, 0.25) is 0 Å². The highest BCUT2D eigenvalue weighted by Crippen LogP contribution is 2.18. The van der Waals surface area contributed by atoms with Gasteiger partial charge in [0.05, 0.1) is 7.11 Å². The van der Waals surface area contributed by atoms with Crippen molar-refractivity contribution in [2.45, 2.75) is 0 Å². The van der Waals surface area contributed by atoms with Crippen LogP contribution in [0.4, 0.5) is 11.4 Å². The number of hydrogen-bond donors (Lipinski definition) is 2. The molecule has 3 rings (SSSR count). The van der Waals surface area contributed by atoms with Crippen LogP contribution in [0.25, 0.3) is 0 Å². The van der Waals surface area contributed by atoms with Crippen molar-refractivity contribution < 1.29 is 19.1 Å². The molecule has 2 amide bonds. The Kier molecular flexibility index (Phi) is 6.25. The van der Waals surface area contributed by atoms with E-state index in [1.165, 1.54) is 0 Å². The molecule has 0 heterocycles. The van der Waals surface area contributed by atoms with Gasteiger partial charge in [0, 0.05) is 16.9 Å². The second-order valence-electron chi connectivity index (χ2n) is 5.91. The summed E-state index contributed by atoms with van der Waals surface area (Å²) in [6.45, 7) is -0.132. The fraction of sp³-hybridized carbons (Fsp3) is 0.0909. The second kappa shape index (κ2) is 9.23. The number of benzene rings is 3. The summed E-state index contributed by atoms with van der Waals surface area (Å²) in [5.41, 5.74) is 1.71. The first-order valence-electron chi connectivity index (χ1n) is 8.67. The van der Waals surface area contributed by atoms with Crippen LogP contribution in [0, 0.1) is 0 Å². The summed E-state index contributed by atoms with van der Waals surface area (Å²) in [4.78, 5) is 24.3. The molecule has 0 spiro atoms. The normalized spacial score (nSPS) is 10.0. The highest BCUT2D eigenvalue weighted by molar-refractivity contribution is 6.04. The van der Waals surface area contributed by atoms with Gasteiger partial charge in [0.1, 0.15) is 11.5 Å². The van der Waals surface area contributed by atoms with E-state index in [1.54, 1.807) is 79.9 Å². The monoisotopic (exact) mass is 376 g/mol. The number of ether oxygens (including phenoxy) is 2. The fourth-order valence-corrected chi connectivity index (χ4v) is 2.49. The highest BCUT2D eigenvalue weighted by Gasteiger charge is 2.08. The van der Waals surface area contributed by atoms with Crippen molar-refractivity contribution in [1.82, 2.24) is 0 Å². The molecule has 0 saturated heterocycles. The first-order valence-corrected chi connectivity index (χ1v) is 8.67. The minimum atomic E-state index is -0.303. The number of anilines is 2. The molecular formula is C22H20N2O4. The maximum atomic E-state index is 12.2. The van der Waals surface area contributed by atoms with Crippen molar-refractivity contribution in [2.75, 3.05) is 24.4 Å². The van der Waals surface area contributed by atoms with Crippen molar-refractivity contribution in [2.24, 2.45) is 0 Å². The van der Waals surface area contributed by atoms with E-state index in [0.29, 0.717) is 28.4 Å². The van der Waals surface area contributed by atoms with E-state index in [0.717, 1.165) is 0 Å². The van der Waals surface area contributed by atoms with Gasteiger partial charge in [0.25, 0.3) is 11.8 Å². The predicted octanol–water partition coefficient (Wildman–Crippen LogP) is 3.97. The van der Waals surface area contributed by atoms with Crippen LogP contribution in [-0.2, 0) is 4.79 Å². The molecule has 0 fully saturated rings. The fourth-order valence-electron chi connectivity index (χ4n) is 2.49. The van der Waals surface area contributed by atoms with Crippen LogP contribution < -0.4 is 20.1 Å². The molecule has 0 aliphatic carbocycles. The molecule has 28 heavy (non-hydrogen) atoms. The lowest BCUT2D eigenvalue weighted by atomic mass is 10.2. The van der Waals surface area contributed by atoms with E-state index in [1.807, 2.05) is 6.07 Å². The molecule has 2 N–H and O–H groups in total. The van der Waals surface area contributed by atoms with Crippen LogP contribution in [0.15, 0.2) is 78.9 Å². The summed E-state index contributed by atoms with van der Waals surface area (Å²) in [6, 6.07) is 22.8. The summed E-state index contributed by atoms with van der Waals surface area (Å²) in [5, 5.41) is 5.56. The largest absolute Gasteiger partial charge is 0.497 e. The van der Waals surface area contributed by atoms with Gasteiger partial charge in [-0.2, -0.15) is 0 Å². The molecule has 0 bridgehead atoms. The molecule has 0 aromatic heterocycles. The molecular weight excluding hydrogens is 356 g/mol. The Morgan fingerprint density at radius 2 is 1.43 bits per heavy atom. The van der Waals surface area contributed by atoms with E-state index in [4.69, 9.17) is 9.47 Å². The molecule has 6 nitrogen and oxygen atoms in total. The molecule has 0 saturated carbocycles. The topological polar surface area (TPSA) is 76.7 Å². The van der Waals surface area contributed by atoms with Gasteiger partial charge in [-0.3, -0.25) is 9.59 Å². The van der Waals surface area contributed by atoms with E-state index < -0.39 is 0 Å². The number of methoxy groups -OCH3 is 1. The Bertz CT molecular complexity index is 940. The molecule has 6 heteroatoms. The van der Waals surface area contributed by atoms with Gasteiger partial charge >= 0.3 is 0 Å². The van der Waals surface area contributed by atoms with Crippen molar-refractivity contribution >= 4 is 23.2 Å². The maximum absolute atomic E-state index is 12.2. The summed E-state index contributed by atoms with van der Waals surface area (Å²) in [6.07, 6.45) is 0. The van der Waals surface area contributed by atoms with E-state index in [9.17, 15) is 9.59 Å². The van der Waals surface area contributed by atoms with Crippen molar-refractivity contribution in [1.29, 1.82) is 0 Å². The summed E-state index contributed by atoms with van der Waals surface area (Å²) < 4.78 is 10.5. The molecule has 0 atom stereocenters. The molecule has 0 aliphatic rings. The van der Waals surface area contributed by atoms with Gasteiger partial charge in [-0.05, 0) is 54.6 Å². The predicted molar refractivity (Wildman–Crippen MR) is 108 cm³/mol. The van der Waals surface area contributed by atoms with E-state index >= 15 is 0 Å². The van der Waals surface area contributed by atoms with Crippen molar-refractivity contribution in [3.63, 3.8) is 0 Å². The lowest BCUT2D eigenvalue weighted by Gasteiger charge is -2.10. The minimum absolute atomic E-state index is 0.132. The third-order valence-corrected chi connectivity index (χ3v) is 3.87. The third-order valence-electron chi connectivity index (χ3n) is 3.87. The zero-order valence-electron chi connectivity index (χ0n) is 15.3. The van der Waals surface area contributed by atoms with Crippen LogP contribution in [0.1, 0.15) is 10.4 Å². The minimum Gasteiger partial charge on any atom is -0.497 e. The van der Waals surface area contributed by atoms with Gasteiger partial charge in [-0.25, -0.2) is 0 Å². The second-order valence-corrected chi connectivity index (χ2v) is 5.91. The Morgan fingerprint density at radius 1 is 0.786 bits per heavy atom. The zero-order valence-corrected chi connectivity index (χ0v) is 15.3. The molecule has 142 valence electrons. The summed E-state index contributed by atoms with van der Waals surface area (Å²) in [5.74, 6) is 0.764. The zero-order chi connectivity index (χ0) is 19.8. The van der Waals surface area contributed by atoms with Crippen LogP contribution >= 0.6 is 0 Å².